The number of para-hydroxylation sites is 1. The van der Waals surface area contributed by atoms with Gasteiger partial charge in [-0.1, -0.05) is 19.1 Å². The number of aromatic nitrogens is 3. The first-order valence-corrected chi connectivity index (χ1v) is 9.28. The van der Waals surface area contributed by atoms with Gasteiger partial charge in [-0.3, -0.25) is 4.79 Å². The molecule has 0 aliphatic carbocycles. The summed E-state index contributed by atoms with van der Waals surface area (Å²) in [5, 5.41) is 0.466. The minimum absolute atomic E-state index is 0.0452. The Morgan fingerprint density at radius 3 is 3.04 bits per heavy atom. The third-order valence-electron chi connectivity index (χ3n) is 4.35. The third-order valence-corrected chi connectivity index (χ3v) is 5.38. The number of hydrogen-bond donors (Lipinski definition) is 0. The maximum atomic E-state index is 14.2. The highest BCUT2D eigenvalue weighted by molar-refractivity contribution is 7.20. The molecule has 1 saturated heterocycles. The van der Waals surface area contributed by atoms with Crippen molar-refractivity contribution in [2.75, 3.05) is 13.1 Å². The molecule has 1 fully saturated rings. The number of halogens is 1. The maximum absolute atomic E-state index is 14.2. The number of benzene rings is 1. The van der Waals surface area contributed by atoms with Crippen molar-refractivity contribution in [3.63, 3.8) is 0 Å². The molecule has 1 aromatic carbocycles. The predicted octanol–water partition coefficient (Wildman–Crippen LogP) is 3.08. The summed E-state index contributed by atoms with van der Waals surface area (Å²) in [6.07, 6.45) is 2.11. The second kappa shape index (κ2) is 6.95. The van der Waals surface area contributed by atoms with Crippen molar-refractivity contribution in [3.8, 4) is 5.88 Å². The Labute approximate surface area is 153 Å². The van der Waals surface area contributed by atoms with E-state index < -0.39 is 5.82 Å². The number of hydrogen-bond acceptors (Lipinski definition) is 6. The summed E-state index contributed by atoms with van der Waals surface area (Å²) >= 11 is 1.38. The van der Waals surface area contributed by atoms with E-state index in [1.54, 1.807) is 4.90 Å². The van der Waals surface area contributed by atoms with Crippen LogP contribution in [-0.2, 0) is 6.42 Å². The van der Waals surface area contributed by atoms with Gasteiger partial charge in [-0.25, -0.2) is 9.97 Å². The van der Waals surface area contributed by atoms with E-state index >= 15 is 0 Å². The van der Waals surface area contributed by atoms with Gasteiger partial charge in [0.15, 0.2) is 5.01 Å². The van der Waals surface area contributed by atoms with E-state index in [9.17, 15) is 9.18 Å². The van der Waals surface area contributed by atoms with E-state index in [-0.39, 0.29) is 17.9 Å². The molecular weight excluding hydrogens is 355 g/mol. The number of fused-ring (bicyclic) bond motifs is 1. The minimum atomic E-state index is -0.522. The van der Waals surface area contributed by atoms with Crippen LogP contribution in [0.15, 0.2) is 30.6 Å². The smallest absolute Gasteiger partial charge is 0.283 e. The van der Waals surface area contributed by atoms with E-state index in [4.69, 9.17) is 4.74 Å². The molecule has 1 aliphatic rings. The van der Waals surface area contributed by atoms with Crippen molar-refractivity contribution in [2.24, 2.45) is 0 Å². The summed E-state index contributed by atoms with van der Waals surface area (Å²) in [6.45, 7) is 2.76. The van der Waals surface area contributed by atoms with Crippen LogP contribution in [0.25, 0.3) is 10.2 Å². The van der Waals surface area contributed by atoms with E-state index in [0.29, 0.717) is 36.6 Å². The summed E-state index contributed by atoms with van der Waals surface area (Å²) < 4.78 is 20.9. The second-order valence-electron chi connectivity index (χ2n) is 6.06. The van der Waals surface area contributed by atoms with Crippen molar-refractivity contribution in [3.05, 3.63) is 47.1 Å². The minimum Gasteiger partial charge on any atom is -0.470 e. The fourth-order valence-corrected chi connectivity index (χ4v) is 3.92. The highest BCUT2D eigenvalue weighted by atomic mass is 32.1. The standard InChI is InChI=1S/C18H17FN4O2S/c1-2-12-15(19)16(21-10-20-12)25-11-7-8-23(9-11)18(24)17-22-13-5-3-4-6-14(13)26-17/h3-6,10-11H,2,7-9H2,1H3/t11-/m0/s1. The van der Waals surface area contributed by atoms with Crippen molar-refractivity contribution in [1.82, 2.24) is 19.9 Å². The summed E-state index contributed by atoms with van der Waals surface area (Å²) in [4.78, 5) is 26.6. The first kappa shape index (κ1) is 16.8. The zero-order chi connectivity index (χ0) is 18.1. The normalized spacial score (nSPS) is 17.0. The molecule has 0 bridgehead atoms. The van der Waals surface area contributed by atoms with Crippen LogP contribution in [0.4, 0.5) is 4.39 Å². The Balaban J connectivity index is 1.45. The number of thiazole rings is 1. The van der Waals surface area contributed by atoms with Gasteiger partial charge in [-0.2, -0.15) is 9.37 Å². The highest BCUT2D eigenvalue weighted by Crippen LogP contribution is 2.25. The van der Waals surface area contributed by atoms with Gasteiger partial charge < -0.3 is 9.64 Å². The average Bonchev–Trinajstić information content (AvgIpc) is 3.29. The third kappa shape index (κ3) is 3.12. The monoisotopic (exact) mass is 372 g/mol. The quantitative estimate of drug-likeness (QED) is 0.704. The van der Waals surface area contributed by atoms with Gasteiger partial charge in [0, 0.05) is 13.0 Å². The van der Waals surface area contributed by atoms with Gasteiger partial charge in [0.05, 0.1) is 22.5 Å². The topological polar surface area (TPSA) is 68.2 Å². The Morgan fingerprint density at radius 1 is 1.38 bits per heavy atom. The first-order valence-electron chi connectivity index (χ1n) is 8.46. The first-order chi connectivity index (χ1) is 12.7. The maximum Gasteiger partial charge on any atom is 0.283 e. The number of rotatable bonds is 4. The predicted molar refractivity (Wildman–Crippen MR) is 95.9 cm³/mol. The average molecular weight is 372 g/mol. The number of carbonyl (C=O) groups excluding carboxylic acids is 1. The summed E-state index contributed by atoms with van der Waals surface area (Å²) in [7, 11) is 0. The van der Waals surface area contributed by atoms with Crippen LogP contribution < -0.4 is 4.74 Å². The number of ether oxygens (including phenoxy) is 1. The lowest BCUT2D eigenvalue weighted by Crippen LogP contribution is -2.31. The molecule has 0 N–H and O–H groups in total. The molecule has 1 amide bonds. The Hall–Kier alpha value is -2.61. The molecule has 3 heterocycles. The van der Waals surface area contributed by atoms with Crippen LogP contribution in [0.1, 0.15) is 28.8 Å². The lowest BCUT2D eigenvalue weighted by Gasteiger charge is -2.16. The molecule has 2 aromatic heterocycles. The largest absolute Gasteiger partial charge is 0.470 e. The van der Waals surface area contributed by atoms with E-state index in [0.717, 1.165) is 10.2 Å². The summed E-state index contributed by atoms with van der Waals surface area (Å²) in [6, 6.07) is 7.66. The highest BCUT2D eigenvalue weighted by Gasteiger charge is 2.31. The van der Waals surface area contributed by atoms with Gasteiger partial charge >= 0.3 is 0 Å². The summed E-state index contributed by atoms with van der Waals surface area (Å²) in [5.41, 5.74) is 1.15. The van der Waals surface area contributed by atoms with Crippen LogP contribution in [0.5, 0.6) is 5.88 Å². The lowest BCUT2D eigenvalue weighted by molar-refractivity contribution is 0.0769. The summed E-state index contributed by atoms with van der Waals surface area (Å²) in [5.74, 6) is -0.684. The number of nitrogens with zero attached hydrogens (tertiary/aromatic N) is 4. The van der Waals surface area contributed by atoms with Crippen molar-refractivity contribution >= 4 is 27.5 Å². The molecule has 8 heteroatoms. The van der Waals surface area contributed by atoms with Crippen LogP contribution in [-0.4, -0.2) is 45.0 Å². The molecule has 134 valence electrons. The fraction of sp³-hybridized carbons (Fsp3) is 0.333. The lowest BCUT2D eigenvalue weighted by atomic mass is 10.3. The van der Waals surface area contributed by atoms with E-state index in [2.05, 4.69) is 15.0 Å². The number of likely N-dealkylation sites (tertiary alicyclic amines) is 1. The Bertz CT molecular complexity index is 928. The molecule has 1 atom stereocenters. The molecule has 0 saturated carbocycles. The SMILES string of the molecule is CCc1ncnc(O[C@H]2CCN(C(=O)c3nc4ccccc4s3)C2)c1F. The van der Waals surface area contributed by atoms with Gasteiger partial charge in [-0.15, -0.1) is 11.3 Å². The van der Waals surface area contributed by atoms with Gasteiger partial charge in [0.1, 0.15) is 12.4 Å². The molecule has 4 rings (SSSR count). The number of carbonyl (C=O) groups is 1. The Morgan fingerprint density at radius 2 is 2.23 bits per heavy atom. The molecule has 6 nitrogen and oxygen atoms in total. The second-order valence-corrected chi connectivity index (χ2v) is 7.09. The molecule has 0 unspecified atom stereocenters. The number of aryl methyl sites for hydroxylation is 1. The molecule has 1 aliphatic heterocycles. The van der Waals surface area contributed by atoms with E-state index in [1.807, 2.05) is 31.2 Å². The van der Waals surface area contributed by atoms with Crippen LogP contribution in [0, 0.1) is 5.82 Å². The zero-order valence-corrected chi connectivity index (χ0v) is 15.0. The Kier molecular flexibility index (Phi) is 4.50. The van der Waals surface area contributed by atoms with E-state index in [1.165, 1.54) is 17.7 Å². The van der Waals surface area contributed by atoms with Crippen molar-refractivity contribution in [1.29, 1.82) is 0 Å². The van der Waals surface area contributed by atoms with Gasteiger partial charge in [-0.05, 0) is 18.6 Å². The molecule has 26 heavy (non-hydrogen) atoms. The van der Waals surface area contributed by atoms with Crippen molar-refractivity contribution < 1.29 is 13.9 Å². The molecule has 0 radical (unpaired) electrons. The molecule has 3 aromatic rings. The number of amides is 1. The van der Waals surface area contributed by atoms with Crippen molar-refractivity contribution in [2.45, 2.75) is 25.9 Å². The van der Waals surface area contributed by atoms with Crippen LogP contribution in [0.3, 0.4) is 0 Å². The van der Waals surface area contributed by atoms with Crippen LogP contribution in [0.2, 0.25) is 0 Å². The zero-order valence-electron chi connectivity index (χ0n) is 14.2. The van der Waals surface area contributed by atoms with Gasteiger partial charge in [0.2, 0.25) is 5.82 Å². The fourth-order valence-electron chi connectivity index (χ4n) is 2.98. The molecule has 0 spiro atoms. The van der Waals surface area contributed by atoms with Crippen LogP contribution >= 0.6 is 11.3 Å². The molecular formula is C18H17FN4O2S. The van der Waals surface area contributed by atoms with Gasteiger partial charge in [0.25, 0.3) is 11.8 Å².